The fourth-order valence-electron chi connectivity index (χ4n) is 3.90. The van der Waals surface area contributed by atoms with Crippen LogP contribution < -0.4 is 5.32 Å². The third-order valence-electron chi connectivity index (χ3n) is 5.32. The van der Waals surface area contributed by atoms with Crippen molar-refractivity contribution < 1.29 is 27.5 Å². The largest absolute Gasteiger partial charge is 0.465 e. The molecule has 3 rings (SSSR count). The van der Waals surface area contributed by atoms with Crippen molar-refractivity contribution in [3.05, 3.63) is 94.3 Å². The number of carbonyl (C=O) groups is 2. The van der Waals surface area contributed by atoms with Crippen molar-refractivity contribution in [3.8, 4) is 6.07 Å². The summed E-state index contributed by atoms with van der Waals surface area (Å²) < 4.78 is 46.7. The van der Waals surface area contributed by atoms with Gasteiger partial charge in [0.2, 0.25) is 0 Å². The Morgan fingerprint density at radius 3 is 2.36 bits per heavy atom. The van der Waals surface area contributed by atoms with Crippen LogP contribution in [0.2, 0.25) is 0 Å². The number of hydrogen-bond acceptors (Lipinski definition) is 5. The maximum Gasteiger partial charge on any atom is 0.416 e. The second-order valence-corrected chi connectivity index (χ2v) is 7.40. The van der Waals surface area contributed by atoms with E-state index in [0.29, 0.717) is 5.56 Å². The maximum atomic E-state index is 13.8. The smallest absolute Gasteiger partial charge is 0.416 e. The van der Waals surface area contributed by atoms with Crippen LogP contribution in [0, 0.1) is 17.2 Å². The van der Waals surface area contributed by atoms with Crippen molar-refractivity contribution in [2.45, 2.75) is 25.9 Å². The molecule has 2 atom stereocenters. The van der Waals surface area contributed by atoms with Crippen LogP contribution in [0.1, 0.15) is 41.3 Å². The van der Waals surface area contributed by atoms with E-state index in [0.717, 1.165) is 6.07 Å². The summed E-state index contributed by atoms with van der Waals surface area (Å²) in [6.45, 7) is 3.06. The standard InChI is InChI=1S/C25H21F3N2O3/c1-3-33-24(32)23-20(13-21(31)16-9-5-4-6-10-16)30-15(2)18(14-29)22(23)17-11-7-8-12-19(17)25(26,27)28/h4-13,22-23,30H,3H2,1-2H3. The van der Waals surface area contributed by atoms with Crippen molar-refractivity contribution in [3.63, 3.8) is 0 Å². The van der Waals surface area contributed by atoms with E-state index in [4.69, 9.17) is 4.74 Å². The van der Waals surface area contributed by atoms with Gasteiger partial charge >= 0.3 is 12.1 Å². The summed E-state index contributed by atoms with van der Waals surface area (Å²) in [5.41, 5.74) is -0.560. The Labute approximate surface area is 189 Å². The number of benzene rings is 2. The fraction of sp³-hybridized carbons (Fsp3) is 0.240. The summed E-state index contributed by atoms with van der Waals surface area (Å²) in [6, 6.07) is 15.0. The second kappa shape index (κ2) is 9.74. The summed E-state index contributed by atoms with van der Waals surface area (Å²) in [6.07, 6.45) is -3.53. The monoisotopic (exact) mass is 454 g/mol. The summed E-state index contributed by atoms with van der Waals surface area (Å²) in [4.78, 5) is 25.8. The van der Waals surface area contributed by atoms with E-state index in [1.54, 1.807) is 37.3 Å². The number of nitrogens with zero attached hydrogens (tertiary/aromatic N) is 1. The minimum atomic E-state index is -4.71. The maximum absolute atomic E-state index is 13.8. The van der Waals surface area contributed by atoms with Gasteiger partial charge < -0.3 is 10.1 Å². The number of alkyl halides is 3. The number of hydrogen-bond donors (Lipinski definition) is 1. The van der Waals surface area contributed by atoms with Crippen LogP contribution in [-0.2, 0) is 15.7 Å². The van der Waals surface area contributed by atoms with Gasteiger partial charge in [-0.3, -0.25) is 9.59 Å². The van der Waals surface area contributed by atoms with E-state index in [1.165, 1.54) is 31.2 Å². The fourth-order valence-corrected chi connectivity index (χ4v) is 3.90. The molecular weight excluding hydrogens is 433 g/mol. The first-order chi connectivity index (χ1) is 15.7. The van der Waals surface area contributed by atoms with E-state index >= 15 is 0 Å². The molecule has 0 bridgehead atoms. The number of carbonyl (C=O) groups excluding carboxylic acids is 2. The van der Waals surface area contributed by atoms with Crippen LogP contribution in [0.4, 0.5) is 13.2 Å². The first-order valence-corrected chi connectivity index (χ1v) is 10.2. The van der Waals surface area contributed by atoms with Crippen LogP contribution >= 0.6 is 0 Å². The number of nitrogens with one attached hydrogen (secondary N) is 1. The topological polar surface area (TPSA) is 79.2 Å². The summed E-state index contributed by atoms with van der Waals surface area (Å²) >= 11 is 0. The van der Waals surface area contributed by atoms with Gasteiger partial charge in [0.05, 0.1) is 23.8 Å². The number of halogens is 3. The van der Waals surface area contributed by atoms with Crippen LogP contribution in [-0.4, -0.2) is 18.4 Å². The molecular formula is C25H21F3N2O3. The van der Waals surface area contributed by atoms with Crippen molar-refractivity contribution in [1.29, 1.82) is 5.26 Å². The minimum Gasteiger partial charge on any atom is -0.465 e. The summed E-state index contributed by atoms with van der Waals surface area (Å²) in [5, 5.41) is 12.7. The van der Waals surface area contributed by atoms with Gasteiger partial charge in [-0.15, -0.1) is 0 Å². The molecule has 1 N–H and O–H groups in total. The molecule has 2 aromatic rings. The number of esters is 1. The van der Waals surface area contributed by atoms with Gasteiger partial charge in [-0.05, 0) is 25.5 Å². The van der Waals surface area contributed by atoms with Crippen LogP contribution in [0.3, 0.4) is 0 Å². The zero-order chi connectivity index (χ0) is 24.2. The molecule has 0 fully saturated rings. The molecule has 0 radical (unpaired) electrons. The van der Waals surface area contributed by atoms with E-state index in [9.17, 15) is 28.0 Å². The van der Waals surface area contributed by atoms with Gasteiger partial charge in [-0.2, -0.15) is 18.4 Å². The molecule has 2 unspecified atom stereocenters. The van der Waals surface area contributed by atoms with Crippen molar-refractivity contribution in [2.24, 2.45) is 5.92 Å². The van der Waals surface area contributed by atoms with E-state index in [-0.39, 0.29) is 29.1 Å². The summed E-state index contributed by atoms with van der Waals surface area (Å²) in [5.74, 6) is -3.91. The zero-order valence-electron chi connectivity index (χ0n) is 17.9. The number of nitriles is 1. The average molecular weight is 454 g/mol. The molecule has 0 aliphatic carbocycles. The Balaban J connectivity index is 2.24. The van der Waals surface area contributed by atoms with Crippen LogP contribution in [0.25, 0.3) is 0 Å². The highest BCUT2D eigenvalue weighted by molar-refractivity contribution is 6.05. The Bertz CT molecular complexity index is 1160. The Kier molecular flexibility index (Phi) is 7.02. The SMILES string of the molecule is CCOC(=O)C1C(=CC(=O)c2ccccc2)NC(C)=C(C#N)C1c1ccccc1C(F)(F)F. The molecule has 0 saturated carbocycles. The van der Waals surface area contributed by atoms with Gasteiger partial charge in [0, 0.05) is 29.0 Å². The molecule has 0 spiro atoms. The Hall–Kier alpha value is -3.86. The van der Waals surface area contributed by atoms with Crippen molar-refractivity contribution in [1.82, 2.24) is 5.32 Å². The first kappa shape index (κ1) is 23.8. The lowest BCUT2D eigenvalue weighted by Crippen LogP contribution is -2.39. The minimum absolute atomic E-state index is 0.0204. The van der Waals surface area contributed by atoms with E-state index < -0.39 is 35.3 Å². The van der Waals surface area contributed by atoms with Gasteiger partial charge in [-0.25, -0.2) is 0 Å². The lowest BCUT2D eigenvalue weighted by Gasteiger charge is -2.35. The average Bonchev–Trinajstić information content (AvgIpc) is 2.78. The van der Waals surface area contributed by atoms with Gasteiger partial charge in [0.25, 0.3) is 0 Å². The van der Waals surface area contributed by atoms with E-state index in [1.807, 2.05) is 6.07 Å². The second-order valence-electron chi connectivity index (χ2n) is 7.40. The first-order valence-electron chi connectivity index (χ1n) is 10.2. The molecule has 170 valence electrons. The summed E-state index contributed by atoms with van der Waals surface area (Å²) in [7, 11) is 0. The van der Waals surface area contributed by atoms with Crippen LogP contribution in [0.15, 0.2) is 77.6 Å². The normalized spacial score (nSPS) is 19.6. The Morgan fingerprint density at radius 2 is 1.76 bits per heavy atom. The number of allylic oxidation sites excluding steroid dienone is 3. The molecule has 2 aromatic carbocycles. The predicted octanol–water partition coefficient (Wildman–Crippen LogP) is 5.14. The van der Waals surface area contributed by atoms with Crippen molar-refractivity contribution >= 4 is 11.8 Å². The lowest BCUT2D eigenvalue weighted by molar-refractivity contribution is -0.148. The van der Waals surface area contributed by atoms with Crippen molar-refractivity contribution in [2.75, 3.05) is 6.61 Å². The molecule has 8 heteroatoms. The molecule has 5 nitrogen and oxygen atoms in total. The third-order valence-corrected chi connectivity index (χ3v) is 5.32. The van der Waals surface area contributed by atoms with Gasteiger partial charge in [0.15, 0.2) is 5.78 Å². The molecule has 0 amide bonds. The zero-order valence-corrected chi connectivity index (χ0v) is 17.9. The molecule has 33 heavy (non-hydrogen) atoms. The number of ketones is 1. The highest BCUT2D eigenvalue weighted by atomic mass is 19.4. The van der Waals surface area contributed by atoms with Gasteiger partial charge in [0.1, 0.15) is 5.92 Å². The highest BCUT2D eigenvalue weighted by Gasteiger charge is 2.45. The molecule has 0 saturated heterocycles. The Morgan fingerprint density at radius 1 is 1.12 bits per heavy atom. The number of rotatable bonds is 5. The highest BCUT2D eigenvalue weighted by Crippen LogP contribution is 2.45. The predicted molar refractivity (Wildman–Crippen MR) is 115 cm³/mol. The third kappa shape index (κ3) is 4.98. The van der Waals surface area contributed by atoms with Gasteiger partial charge in [-0.1, -0.05) is 48.5 Å². The quantitative estimate of drug-likeness (QED) is 0.385. The molecule has 1 aliphatic heterocycles. The number of ether oxygens (including phenoxy) is 1. The molecule has 0 aromatic heterocycles. The molecule has 1 heterocycles. The van der Waals surface area contributed by atoms with E-state index in [2.05, 4.69) is 5.32 Å². The molecule has 1 aliphatic rings. The lowest BCUT2D eigenvalue weighted by atomic mass is 9.74. The van der Waals surface area contributed by atoms with Crippen LogP contribution in [0.5, 0.6) is 0 Å².